The van der Waals surface area contributed by atoms with Gasteiger partial charge in [-0.2, -0.15) is 0 Å². The van der Waals surface area contributed by atoms with Gasteiger partial charge < -0.3 is 5.32 Å². The van der Waals surface area contributed by atoms with Crippen molar-refractivity contribution in [1.29, 1.82) is 0 Å². The van der Waals surface area contributed by atoms with Crippen molar-refractivity contribution in [1.82, 2.24) is 5.32 Å². The van der Waals surface area contributed by atoms with Crippen LogP contribution in [0.15, 0.2) is 109 Å². The molecule has 0 unspecified atom stereocenters. The van der Waals surface area contributed by atoms with E-state index in [1.807, 2.05) is 12.1 Å². The first-order chi connectivity index (χ1) is 13.4. The Hall–Kier alpha value is -3.16. The van der Waals surface area contributed by atoms with Crippen LogP contribution in [0.25, 0.3) is 22.3 Å². The Balaban J connectivity index is 1.32. The van der Waals surface area contributed by atoms with E-state index in [1.165, 1.54) is 33.4 Å². The molecule has 0 saturated carbocycles. The predicted octanol–water partition coefficient (Wildman–Crippen LogP) is 6.31. The summed E-state index contributed by atoms with van der Waals surface area (Å²) in [5, 5.41) is 3.54. The zero-order chi connectivity index (χ0) is 18.3. The summed E-state index contributed by atoms with van der Waals surface area (Å²) in [6.45, 7) is 1.74. The third-order valence-corrected chi connectivity index (χ3v) is 4.78. The summed E-state index contributed by atoms with van der Waals surface area (Å²) in [5.74, 6) is 0. The molecule has 132 valence electrons. The fourth-order valence-electron chi connectivity index (χ4n) is 3.24. The molecule has 0 aliphatic heterocycles. The van der Waals surface area contributed by atoms with Gasteiger partial charge in [-0.05, 0) is 33.4 Å². The molecule has 0 fully saturated rings. The van der Waals surface area contributed by atoms with Crippen molar-refractivity contribution in [2.24, 2.45) is 0 Å². The molecule has 4 aromatic rings. The van der Waals surface area contributed by atoms with Crippen LogP contribution in [0.2, 0.25) is 0 Å². The van der Waals surface area contributed by atoms with E-state index in [4.69, 9.17) is 0 Å². The van der Waals surface area contributed by atoms with Gasteiger partial charge in [0.05, 0.1) is 0 Å². The molecule has 0 bridgehead atoms. The van der Waals surface area contributed by atoms with Gasteiger partial charge in [0.1, 0.15) is 0 Å². The highest BCUT2D eigenvalue weighted by atomic mass is 14.8. The number of rotatable bonds is 6. The van der Waals surface area contributed by atoms with E-state index in [0.29, 0.717) is 0 Å². The Morgan fingerprint density at radius 3 is 1.07 bits per heavy atom. The Labute approximate surface area is 161 Å². The van der Waals surface area contributed by atoms with Crippen LogP contribution < -0.4 is 5.32 Å². The maximum Gasteiger partial charge on any atom is 0.0208 e. The first-order valence-corrected chi connectivity index (χ1v) is 9.38. The van der Waals surface area contributed by atoms with Gasteiger partial charge in [-0.15, -0.1) is 0 Å². The molecule has 0 heterocycles. The fraction of sp³-hybridized carbons (Fsp3) is 0.0769. The van der Waals surface area contributed by atoms with Crippen molar-refractivity contribution in [2.75, 3.05) is 0 Å². The Kier molecular flexibility index (Phi) is 5.42. The molecule has 0 aliphatic rings. The van der Waals surface area contributed by atoms with Gasteiger partial charge in [0.2, 0.25) is 0 Å². The summed E-state index contributed by atoms with van der Waals surface area (Å²) in [4.78, 5) is 0. The van der Waals surface area contributed by atoms with E-state index in [0.717, 1.165) is 13.1 Å². The average Bonchev–Trinajstić information content (AvgIpc) is 2.76. The predicted molar refractivity (Wildman–Crippen MR) is 114 cm³/mol. The Bertz CT molecular complexity index is 873. The van der Waals surface area contributed by atoms with E-state index >= 15 is 0 Å². The minimum Gasteiger partial charge on any atom is -0.309 e. The molecule has 27 heavy (non-hydrogen) atoms. The molecule has 0 amide bonds. The van der Waals surface area contributed by atoms with Gasteiger partial charge in [-0.3, -0.25) is 0 Å². The van der Waals surface area contributed by atoms with Crippen molar-refractivity contribution in [3.63, 3.8) is 0 Å². The van der Waals surface area contributed by atoms with Crippen molar-refractivity contribution in [3.8, 4) is 22.3 Å². The maximum atomic E-state index is 3.54. The van der Waals surface area contributed by atoms with Crippen molar-refractivity contribution >= 4 is 0 Å². The van der Waals surface area contributed by atoms with E-state index in [1.54, 1.807) is 0 Å². The smallest absolute Gasteiger partial charge is 0.0208 e. The quantitative estimate of drug-likeness (QED) is 0.430. The molecule has 4 rings (SSSR count). The Morgan fingerprint density at radius 2 is 0.704 bits per heavy atom. The molecule has 0 saturated heterocycles. The number of nitrogens with one attached hydrogen (secondary N) is 1. The summed E-state index contributed by atoms with van der Waals surface area (Å²) in [5.41, 5.74) is 7.64. The summed E-state index contributed by atoms with van der Waals surface area (Å²) in [7, 11) is 0. The van der Waals surface area contributed by atoms with Crippen LogP contribution in [-0.2, 0) is 13.1 Å². The molecule has 0 aromatic heterocycles. The van der Waals surface area contributed by atoms with E-state index in [-0.39, 0.29) is 0 Å². The van der Waals surface area contributed by atoms with Crippen molar-refractivity contribution in [2.45, 2.75) is 13.1 Å². The standard InChI is InChI=1S/C26H23N/c1-3-7-23(8-4-1)25-15-11-21(12-16-25)19-27-20-22-13-17-26(18-14-22)24-9-5-2-6-10-24/h1-18,27H,19-20H2. The maximum absolute atomic E-state index is 3.54. The van der Waals surface area contributed by atoms with Crippen LogP contribution in [0, 0.1) is 0 Å². The van der Waals surface area contributed by atoms with Gasteiger partial charge in [-0.25, -0.2) is 0 Å². The summed E-state index contributed by atoms with van der Waals surface area (Å²) in [6, 6.07) is 38.6. The molecule has 0 spiro atoms. The first kappa shape index (κ1) is 17.3. The first-order valence-electron chi connectivity index (χ1n) is 9.38. The summed E-state index contributed by atoms with van der Waals surface area (Å²) >= 11 is 0. The van der Waals surface area contributed by atoms with Gasteiger partial charge in [0, 0.05) is 13.1 Å². The molecule has 0 radical (unpaired) electrons. The molecule has 1 N–H and O–H groups in total. The molecule has 4 aromatic carbocycles. The fourth-order valence-corrected chi connectivity index (χ4v) is 3.24. The van der Waals surface area contributed by atoms with E-state index in [2.05, 4.69) is 102 Å². The van der Waals surface area contributed by atoms with Crippen LogP contribution in [0.1, 0.15) is 11.1 Å². The summed E-state index contributed by atoms with van der Waals surface area (Å²) in [6.07, 6.45) is 0. The lowest BCUT2D eigenvalue weighted by atomic mass is 10.0. The van der Waals surface area contributed by atoms with Crippen LogP contribution in [0.3, 0.4) is 0 Å². The van der Waals surface area contributed by atoms with Gasteiger partial charge in [-0.1, -0.05) is 109 Å². The van der Waals surface area contributed by atoms with Crippen molar-refractivity contribution in [3.05, 3.63) is 120 Å². The van der Waals surface area contributed by atoms with Crippen LogP contribution in [0.4, 0.5) is 0 Å². The molecular weight excluding hydrogens is 326 g/mol. The van der Waals surface area contributed by atoms with Gasteiger partial charge in [0.15, 0.2) is 0 Å². The molecule has 0 atom stereocenters. The number of hydrogen-bond acceptors (Lipinski definition) is 1. The normalized spacial score (nSPS) is 10.7. The van der Waals surface area contributed by atoms with Crippen LogP contribution >= 0.6 is 0 Å². The number of benzene rings is 4. The SMILES string of the molecule is c1ccc(-c2ccc(CNCc3ccc(-c4ccccc4)cc3)cc2)cc1. The Morgan fingerprint density at radius 1 is 0.370 bits per heavy atom. The second-order valence-electron chi connectivity index (χ2n) is 6.73. The molecule has 1 nitrogen and oxygen atoms in total. The summed E-state index contributed by atoms with van der Waals surface area (Å²) < 4.78 is 0. The van der Waals surface area contributed by atoms with Crippen molar-refractivity contribution < 1.29 is 0 Å². The molecular formula is C26H23N. The number of hydrogen-bond donors (Lipinski definition) is 1. The topological polar surface area (TPSA) is 12.0 Å². The highest BCUT2D eigenvalue weighted by Crippen LogP contribution is 2.20. The van der Waals surface area contributed by atoms with E-state index in [9.17, 15) is 0 Å². The minimum atomic E-state index is 0.871. The second-order valence-corrected chi connectivity index (χ2v) is 6.73. The highest BCUT2D eigenvalue weighted by Gasteiger charge is 2.00. The third kappa shape index (κ3) is 4.52. The third-order valence-electron chi connectivity index (χ3n) is 4.78. The van der Waals surface area contributed by atoms with Gasteiger partial charge in [0.25, 0.3) is 0 Å². The zero-order valence-corrected chi connectivity index (χ0v) is 15.3. The average molecular weight is 349 g/mol. The lowest BCUT2D eigenvalue weighted by molar-refractivity contribution is 0.693. The van der Waals surface area contributed by atoms with Crippen LogP contribution in [0.5, 0.6) is 0 Å². The highest BCUT2D eigenvalue weighted by molar-refractivity contribution is 5.64. The second kappa shape index (κ2) is 8.48. The lowest BCUT2D eigenvalue weighted by Crippen LogP contribution is -2.12. The zero-order valence-electron chi connectivity index (χ0n) is 15.3. The van der Waals surface area contributed by atoms with Crippen LogP contribution in [-0.4, -0.2) is 0 Å². The molecule has 1 heteroatoms. The monoisotopic (exact) mass is 349 g/mol. The van der Waals surface area contributed by atoms with Gasteiger partial charge >= 0.3 is 0 Å². The lowest BCUT2D eigenvalue weighted by Gasteiger charge is -2.08. The minimum absolute atomic E-state index is 0.871. The van der Waals surface area contributed by atoms with E-state index < -0.39 is 0 Å². The largest absolute Gasteiger partial charge is 0.309 e. The molecule has 0 aliphatic carbocycles.